The lowest BCUT2D eigenvalue weighted by atomic mass is 9.77. The van der Waals surface area contributed by atoms with Crippen LogP contribution in [-0.2, 0) is 10.8 Å². The molecule has 92 valence electrons. The molecule has 2 heteroatoms. The van der Waals surface area contributed by atoms with Gasteiger partial charge in [-0.2, -0.15) is 0 Å². The molecule has 1 rings (SSSR count). The van der Waals surface area contributed by atoms with Crippen molar-refractivity contribution in [3.8, 4) is 0 Å². The molecule has 0 aliphatic heterocycles. The van der Waals surface area contributed by atoms with Gasteiger partial charge < -0.3 is 4.52 Å². The average molecular weight is 223 g/mol. The third kappa shape index (κ3) is 2.47. The minimum Gasteiger partial charge on any atom is -0.361 e. The third-order valence-corrected chi connectivity index (χ3v) is 2.70. The zero-order chi connectivity index (χ0) is 12.7. The monoisotopic (exact) mass is 223 g/mol. The molecule has 0 aromatic carbocycles. The largest absolute Gasteiger partial charge is 0.361 e. The van der Waals surface area contributed by atoms with Gasteiger partial charge in [-0.25, -0.2) is 0 Å². The standard InChI is InChI=1S/C14H25NO/c1-9(2)11-10(13(3,4)5)12(15-16-11)14(6,7)8/h9H,1-8H3. The van der Waals surface area contributed by atoms with Crippen molar-refractivity contribution in [3.63, 3.8) is 0 Å². The molecule has 0 unspecified atom stereocenters. The Morgan fingerprint density at radius 1 is 0.938 bits per heavy atom. The van der Waals surface area contributed by atoms with Crippen LogP contribution in [0.15, 0.2) is 4.52 Å². The average Bonchev–Trinajstić information content (AvgIpc) is 2.43. The predicted octanol–water partition coefficient (Wildman–Crippen LogP) is 4.39. The van der Waals surface area contributed by atoms with E-state index in [1.165, 1.54) is 5.56 Å². The first kappa shape index (κ1) is 13.3. The lowest BCUT2D eigenvalue weighted by Crippen LogP contribution is -2.22. The Balaban J connectivity index is 3.44. The first-order valence-electron chi connectivity index (χ1n) is 6.05. The van der Waals surface area contributed by atoms with Gasteiger partial charge in [-0.15, -0.1) is 0 Å². The number of aromatic nitrogens is 1. The maximum atomic E-state index is 5.56. The summed E-state index contributed by atoms with van der Waals surface area (Å²) in [5, 5.41) is 4.30. The van der Waals surface area contributed by atoms with Crippen molar-refractivity contribution in [2.24, 2.45) is 0 Å². The van der Waals surface area contributed by atoms with Crippen LogP contribution in [0.4, 0.5) is 0 Å². The Morgan fingerprint density at radius 3 is 1.75 bits per heavy atom. The van der Waals surface area contributed by atoms with E-state index in [1.807, 2.05) is 0 Å². The summed E-state index contributed by atoms with van der Waals surface area (Å²) in [5.74, 6) is 1.43. The second-order valence-corrected chi connectivity index (χ2v) is 6.93. The van der Waals surface area contributed by atoms with Crippen LogP contribution in [0.3, 0.4) is 0 Å². The third-order valence-electron chi connectivity index (χ3n) is 2.70. The van der Waals surface area contributed by atoms with Crippen LogP contribution in [0.5, 0.6) is 0 Å². The second-order valence-electron chi connectivity index (χ2n) is 6.93. The minimum absolute atomic E-state index is 0.0409. The molecule has 0 fully saturated rings. The van der Waals surface area contributed by atoms with Gasteiger partial charge in [-0.05, 0) is 5.41 Å². The highest BCUT2D eigenvalue weighted by atomic mass is 16.5. The molecule has 0 atom stereocenters. The summed E-state index contributed by atoms with van der Waals surface area (Å²) < 4.78 is 5.56. The van der Waals surface area contributed by atoms with E-state index in [1.54, 1.807) is 0 Å². The fourth-order valence-electron chi connectivity index (χ4n) is 1.93. The molecular weight excluding hydrogens is 198 g/mol. The van der Waals surface area contributed by atoms with Gasteiger partial charge in [-0.3, -0.25) is 0 Å². The zero-order valence-corrected chi connectivity index (χ0v) is 11.9. The lowest BCUT2D eigenvalue weighted by Gasteiger charge is -2.25. The molecule has 0 spiro atoms. The van der Waals surface area contributed by atoms with Gasteiger partial charge >= 0.3 is 0 Å². The van der Waals surface area contributed by atoms with E-state index in [9.17, 15) is 0 Å². The first-order chi connectivity index (χ1) is 7.05. The van der Waals surface area contributed by atoms with E-state index in [-0.39, 0.29) is 10.8 Å². The quantitative estimate of drug-likeness (QED) is 0.705. The van der Waals surface area contributed by atoms with Crippen molar-refractivity contribution >= 4 is 0 Å². The van der Waals surface area contributed by atoms with Crippen LogP contribution in [0.1, 0.15) is 78.3 Å². The van der Waals surface area contributed by atoms with Crippen LogP contribution >= 0.6 is 0 Å². The molecule has 0 aliphatic rings. The summed E-state index contributed by atoms with van der Waals surface area (Å²) >= 11 is 0. The Bertz CT molecular complexity index is 361. The highest BCUT2D eigenvalue weighted by molar-refractivity contribution is 5.35. The summed E-state index contributed by atoms with van der Waals surface area (Å²) in [6.07, 6.45) is 0. The normalized spacial score (nSPS) is 13.6. The molecule has 1 aromatic rings. The Morgan fingerprint density at radius 2 is 1.44 bits per heavy atom. The molecular formula is C14H25NO. The maximum absolute atomic E-state index is 5.56. The highest BCUT2D eigenvalue weighted by Crippen LogP contribution is 2.38. The zero-order valence-electron chi connectivity index (χ0n) is 11.9. The van der Waals surface area contributed by atoms with Crippen LogP contribution in [0.2, 0.25) is 0 Å². The first-order valence-corrected chi connectivity index (χ1v) is 6.05. The smallest absolute Gasteiger partial charge is 0.143 e. The van der Waals surface area contributed by atoms with Gasteiger partial charge in [-0.1, -0.05) is 60.5 Å². The fourth-order valence-corrected chi connectivity index (χ4v) is 1.93. The number of hydrogen-bond acceptors (Lipinski definition) is 2. The molecule has 0 bridgehead atoms. The maximum Gasteiger partial charge on any atom is 0.143 e. The second kappa shape index (κ2) is 3.90. The summed E-state index contributed by atoms with van der Waals surface area (Å²) in [6.45, 7) is 17.5. The van der Waals surface area contributed by atoms with Crippen LogP contribution in [0.25, 0.3) is 0 Å². The lowest BCUT2D eigenvalue weighted by molar-refractivity contribution is 0.353. The molecule has 1 aromatic heterocycles. The Labute approximate surface area is 99.4 Å². The minimum atomic E-state index is 0.0409. The molecule has 0 aliphatic carbocycles. The number of rotatable bonds is 1. The topological polar surface area (TPSA) is 26.0 Å². The highest BCUT2D eigenvalue weighted by Gasteiger charge is 2.33. The summed E-state index contributed by atoms with van der Waals surface area (Å²) in [7, 11) is 0. The SMILES string of the molecule is CC(C)c1onc(C(C)(C)C)c1C(C)(C)C. The van der Waals surface area contributed by atoms with E-state index < -0.39 is 0 Å². The van der Waals surface area contributed by atoms with Crippen LogP contribution in [-0.4, -0.2) is 5.16 Å². The van der Waals surface area contributed by atoms with Crippen LogP contribution in [0, 0.1) is 0 Å². The molecule has 0 amide bonds. The molecule has 1 heterocycles. The number of nitrogens with zero attached hydrogens (tertiary/aromatic N) is 1. The van der Waals surface area contributed by atoms with Gasteiger partial charge in [0.15, 0.2) is 0 Å². The fraction of sp³-hybridized carbons (Fsp3) is 0.786. The van der Waals surface area contributed by atoms with Crippen molar-refractivity contribution < 1.29 is 4.52 Å². The number of hydrogen-bond donors (Lipinski definition) is 0. The van der Waals surface area contributed by atoms with E-state index in [4.69, 9.17) is 4.52 Å². The molecule has 0 N–H and O–H groups in total. The van der Waals surface area contributed by atoms with Gasteiger partial charge in [0.2, 0.25) is 0 Å². The molecule has 0 saturated heterocycles. The summed E-state index contributed by atoms with van der Waals surface area (Å²) in [5.41, 5.74) is 2.51. The Hall–Kier alpha value is -0.790. The Kier molecular flexibility index (Phi) is 3.24. The van der Waals surface area contributed by atoms with Gasteiger partial charge in [0.25, 0.3) is 0 Å². The van der Waals surface area contributed by atoms with Crippen molar-refractivity contribution in [1.29, 1.82) is 0 Å². The van der Waals surface area contributed by atoms with Crippen molar-refractivity contribution in [1.82, 2.24) is 5.16 Å². The van der Waals surface area contributed by atoms with E-state index in [0.717, 1.165) is 11.5 Å². The van der Waals surface area contributed by atoms with E-state index >= 15 is 0 Å². The molecule has 2 nitrogen and oxygen atoms in total. The predicted molar refractivity (Wildman–Crippen MR) is 68.0 cm³/mol. The van der Waals surface area contributed by atoms with E-state index in [0.29, 0.717) is 5.92 Å². The van der Waals surface area contributed by atoms with Gasteiger partial charge in [0.05, 0.1) is 5.69 Å². The molecule has 0 saturated carbocycles. The van der Waals surface area contributed by atoms with Crippen molar-refractivity contribution in [3.05, 3.63) is 17.0 Å². The molecule has 16 heavy (non-hydrogen) atoms. The van der Waals surface area contributed by atoms with Crippen molar-refractivity contribution in [2.75, 3.05) is 0 Å². The summed E-state index contributed by atoms with van der Waals surface area (Å²) in [4.78, 5) is 0. The van der Waals surface area contributed by atoms with Crippen molar-refractivity contribution in [2.45, 2.75) is 72.1 Å². The molecule has 0 radical (unpaired) electrons. The summed E-state index contributed by atoms with van der Waals surface area (Å²) in [6, 6.07) is 0. The van der Waals surface area contributed by atoms with Crippen LogP contribution < -0.4 is 0 Å². The van der Waals surface area contributed by atoms with E-state index in [2.05, 4.69) is 60.5 Å². The van der Waals surface area contributed by atoms with Gasteiger partial charge in [0, 0.05) is 16.9 Å². The van der Waals surface area contributed by atoms with Gasteiger partial charge in [0.1, 0.15) is 5.76 Å².